The van der Waals surface area contributed by atoms with Crippen LogP contribution in [0.3, 0.4) is 0 Å². The summed E-state index contributed by atoms with van der Waals surface area (Å²) in [6.07, 6.45) is 0. The normalized spacial score (nSPS) is 10.4. The van der Waals surface area contributed by atoms with E-state index < -0.39 is 0 Å². The van der Waals surface area contributed by atoms with Gasteiger partial charge in [-0.05, 0) is 50.6 Å². The van der Waals surface area contributed by atoms with Crippen LogP contribution in [0.5, 0.6) is 5.75 Å². The summed E-state index contributed by atoms with van der Waals surface area (Å²) in [6.45, 7) is 6.14. The van der Waals surface area contributed by atoms with E-state index in [1.54, 1.807) is 18.2 Å². The molecule has 0 aliphatic carbocycles. The summed E-state index contributed by atoms with van der Waals surface area (Å²) in [7, 11) is 0. The third-order valence-corrected chi connectivity index (χ3v) is 3.43. The van der Waals surface area contributed by atoms with Gasteiger partial charge in [-0.15, -0.1) is 0 Å². The number of ether oxygens (including phenoxy) is 1. The van der Waals surface area contributed by atoms with Crippen molar-refractivity contribution in [2.45, 2.75) is 27.4 Å². The van der Waals surface area contributed by atoms with E-state index in [9.17, 15) is 9.90 Å². The second-order valence-electron chi connectivity index (χ2n) is 5.19. The highest BCUT2D eigenvalue weighted by Crippen LogP contribution is 2.24. The van der Waals surface area contributed by atoms with E-state index in [1.807, 2.05) is 39.0 Å². The molecule has 0 fully saturated rings. The molecule has 0 aromatic heterocycles. The Kier molecular flexibility index (Phi) is 5.17. The fraction of sp³-hybridized carbons (Fsp3) is 0.278. The first kappa shape index (κ1) is 16.0. The Labute approximate surface area is 130 Å². The molecule has 0 heterocycles. The molecule has 2 aromatic carbocycles. The lowest BCUT2D eigenvalue weighted by Gasteiger charge is -2.12. The Hall–Kier alpha value is -2.33. The van der Waals surface area contributed by atoms with Crippen LogP contribution in [0.25, 0.3) is 0 Å². The van der Waals surface area contributed by atoms with Crippen LogP contribution in [0, 0.1) is 13.8 Å². The van der Waals surface area contributed by atoms with Crippen LogP contribution in [0.1, 0.15) is 34.0 Å². The maximum absolute atomic E-state index is 12.4. The van der Waals surface area contributed by atoms with Gasteiger partial charge in [0.2, 0.25) is 0 Å². The lowest BCUT2D eigenvalue weighted by Crippen LogP contribution is -2.14. The van der Waals surface area contributed by atoms with Crippen molar-refractivity contribution in [1.29, 1.82) is 0 Å². The summed E-state index contributed by atoms with van der Waals surface area (Å²) < 4.78 is 5.43. The molecule has 4 nitrogen and oxygen atoms in total. The van der Waals surface area contributed by atoms with E-state index in [0.29, 0.717) is 29.2 Å². The number of hydrogen-bond acceptors (Lipinski definition) is 3. The lowest BCUT2D eigenvalue weighted by atomic mass is 10.0. The molecule has 0 aliphatic heterocycles. The van der Waals surface area contributed by atoms with Crippen LogP contribution in [0.2, 0.25) is 0 Å². The van der Waals surface area contributed by atoms with Crippen molar-refractivity contribution in [1.82, 2.24) is 0 Å². The molecule has 22 heavy (non-hydrogen) atoms. The van der Waals surface area contributed by atoms with Crippen molar-refractivity contribution in [2.24, 2.45) is 0 Å². The first-order valence-electron chi connectivity index (χ1n) is 7.30. The van der Waals surface area contributed by atoms with Gasteiger partial charge in [0.05, 0.1) is 13.2 Å². The number of carbonyl (C=O) groups is 1. The van der Waals surface area contributed by atoms with Gasteiger partial charge in [-0.3, -0.25) is 4.79 Å². The Morgan fingerprint density at radius 3 is 2.64 bits per heavy atom. The molecule has 0 saturated carbocycles. The molecule has 0 unspecified atom stereocenters. The number of benzene rings is 2. The molecule has 116 valence electrons. The molecule has 2 rings (SSSR count). The zero-order valence-electron chi connectivity index (χ0n) is 13.1. The third kappa shape index (κ3) is 3.65. The quantitative estimate of drug-likeness (QED) is 0.889. The van der Waals surface area contributed by atoms with E-state index in [1.165, 1.54) is 0 Å². The van der Waals surface area contributed by atoms with Gasteiger partial charge in [-0.2, -0.15) is 0 Å². The minimum absolute atomic E-state index is 0.136. The van der Waals surface area contributed by atoms with E-state index in [0.717, 1.165) is 11.1 Å². The Bertz CT molecular complexity index is 680. The largest absolute Gasteiger partial charge is 0.494 e. The predicted molar refractivity (Wildman–Crippen MR) is 87.4 cm³/mol. The fourth-order valence-corrected chi connectivity index (χ4v) is 2.26. The van der Waals surface area contributed by atoms with Crippen molar-refractivity contribution in [3.05, 3.63) is 58.7 Å². The van der Waals surface area contributed by atoms with E-state index in [-0.39, 0.29) is 12.5 Å². The van der Waals surface area contributed by atoms with Crippen LogP contribution in [-0.4, -0.2) is 17.6 Å². The summed E-state index contributed by atoms with van der Waals surface area (Å²) in [5.74, 6) is 0.476. The monoisotopic (exact) mass is 299 g/mol. The summed E-state index contributed by atoms with van der Waals surface area (Å²) in [4.78, 5) is 12.4. The highest BCUT2D eigenvalue weighted by Gasteiger charge is 2.11. The highest BCUT2D eigenvalue weighted by atomic mass is 16.5. The molecule has 1 amide bonds. The molecule has 4 heteroatoms. The molecule has 0 bridgehead atoms. The Morgan fingerprint density at radius 1 is 1.18 bits per heavy atom. The van der Waals surface area contributed by atoms with Gasteiger partial charge < -0.3 is 15.2 Å². The van der Waals surface area contributed by atoms with Gasteiger partial charge in [0.15, 0.2) is 0 Å². The number of aliphatic hydroxyl groups excluding tert-OH is 1. The molecule has 2 aromatic rings. The van der Waals surface area contributed by atoms with Crippen molar-refractivity contribution in [3.63, 3.8) is 0 Å². The van der Waals surface area contributed by atoms with Gasteiger partial charge in [0, 0.05) is 16.8 Å². The Morgan fingerprint density at radius 2 is 1.95 bits per heavy atom. The summed E-state index contributed by atoms with van der Waals surface area (Å²) in [5, 5.41) is 12.3. The van der Waals surface area contributed by atoms with Crippen molar-refractivity contribution in [2.75, 3.05) is 11.9 Å². The maximum Gasteiger partial charge on any atom is 0.255 e. The van der Waals surface area contributed by atoms with Gasteiger partial charge in [0.25, 0.3) is 5.91 Å². The molecule has 2 N–H and O–H groups in total. The number of aryl methyl sites for hydroxylation is 2. The van der Waals surface area contributed by atoms with E-state index in [4.69, 9.17) is 4.74 Å². The zero-order chi connectivity index (χ0) is 16.1. The van der Waals surface area contributed by atoms with Gasteiger partial charge in [0.1, 0.15) is 5.75 Å². The zero-order valence-corrected chi connectivity index (χ0v) is 13.1. The smallest absolute Gasteiger partial charge is 0.255 e. The SMILES string of the molecule is CCOc1ccc(NC(=O)c2cc(C)ccc2C)cc1CO. The van der Waals surface area contributed by atoms with Gasteiger partial charge >= 0.3 is 0 Å². The second-order valence-corrected chi connectivity index (χ2v) is 5.19. The molecular weight excluding hydrogens is 278 g/mol. The lowest BCUT2D eigenvalue weighted by molar-refractivity contribution is 0.102. The first-order chi connectivity index (χ1) is 10.5. The second kappa shape index (κ2) is 7.09. The fourth-order valence-electron chi connectivity index (χ4n) is 2.26. The Balaban J connectivity index is 2.23. The number of nitrogens with one attached hydrogen (secondary N) is 1. The van der Waals surface area contributed by atoms with Crippen LogP contribution in [0.4, 0.5) is 5.69 Å². The molecule has 0 aliphatic rings. The average molecular weight is 299 g/mol. The number of aliphatic hydroxyl groups is 1. The topological polar surface area (TPSA) is 58.6 Å². The summed E-state index contributed by atoms with van der Waals surface area (Å²) in [5.41, 5.74) is 3.91. The maximum atomic E-state index is 12.4. The average Bonchev–Trinajstić information content (AvgIpc) is 2.51. The summed E-state index contributed by atoms with van der Waals surface area (Å²) in [6, 6.07) is 11.0. The van der Waals surface area contributed by atoms with Crippen LogP contribution >= 0.6 is 0 Å². The number of hydrogen-bond donors (Lipinski definition) is 2. The van der Waals surface area contributed by atoms with Crippen LogP contribution in [0.15, 0.2) is 36.4 Å². The predicted octanol–water partition coefficient (Wildman–Crippen LogP) is 3.45. The van der Waals surface area contributed by atoms with E-state index in [2.05, 4.69) is 5.32 Å². The van der Waals surface area contributed by atoms with Crippen LogP contribution in [-0.2, 0) is 6.61 Å². The first-order valence-corrected chi connectivity index (χ1v) is 7.30. The molecule has 0 atom stereocenters. The summed E-state index contributed by atoms with van der Waals surface area (Å²) >= 11 is 0. The van der Waals surface area contributed by atoms with Crippen molar-refractivity contribution >= 4 is 11.6 Å². The van der Waals surface area contributed by atoms with Crippen molar-refractivity contribution < 1.29 is 14.6 Å². The minimum Gasteiger partial charge on any atom is -0.494 e. The number of rotatable bonds is 5. The number of carbonyl (C=O) groups excluding carboxylic acids is 1. The van der Waals surface area contributed by atoms with Gasteiger partial charge in [-0.25, -0.2) is 0 Å². The van der Waals surface area contributed by atoms with E-state index >= 15 is 0 Å². The van der Waals surface area contributed by atoms with Crippen molar-refractivity contribution in [3.8, 4) is 5.75 Å². The molecular formula is C18H21NO3. The van der Waals surface area contributed by atoms with Crippen LogP contribution < -0.4 is 10.1 Å². The molecule has 0 spiro atoms. The third-order valence-electron chi connectivity index (χ3n) is 3.43. The highest BCUT2D eigenvalue weighted by molar-refractivity contribution is 6.05. The minimum atomic E-state index is -0.158. The molecule has 0 radical (unpaired) electrons. The molecule has 0 saturated heterocycles. The standard InChI is InChI=1S/C18H21NO3/c1-4-22-17-8-7-15(10-14(17)11-20)19-18(21)16-9-12(2)5-6-13(16)3/h5-10,20H,4,11H2,1-3H3,(H,19,21). The number of anilines is 1. The van der Waals surface area contributed by atoms with Gasteiger partial charge in [-0.1, -0.05) is 17.7 Å². The number of amides is 1.